The van der Waals surface area contributed by atoms with Gasteiger partial charge in [-0.3, -0.25) is 4.90 Å². The molecule has 1 unspecified atom stereocenters. The first kappa shape index (κ1) is 18.8. The van der Waals surface area contributed by atoms with Crippen LogP contribution in [0.2, 0.25) is 0 Å². The molecule has 1 aliphatic heterocycles. The Labute approximate surface area is 166 Å². The van der Waals surface area contributed by atoms with Crippen LogP contribution in [-0.2, 0) is 17.8 Å². The summed E-state index contributed by atoms with van der Waals surface area (Å²) in [5.41, 5.74) is 3.70. The van der Waals surface area contributed by atoms with Crippen molar-refractivity contribution in [1.29, 1.82) is 0 Å². The van der Waals surface area contributed by atoms with E-state index in [2.05, 4.69) is 52.5 Å². The van der Waals surface area contributed by atoms with Crippen molar-refractivity contribution in [3.63, 3.8) is 0 Å². The SMILES string of the molecule is COc1ccc(CN(Cc2c[nH]c3ccccc23)CC2CCCO2)cc1OC. The van der Waals surface area contributed by atoms with Gasteiger partial charge in [0.2, 0.25) is 0 Å². The predicted octanol–water partition coefficient (Wildman–Crippen LogP) is 4.37. The van der Waals surface area contributed by atoms with E-state index in [4.69, 9.17) is 14.2 Å². The molecular formula is C23H28N2O3. The van der Waals surface area contributed by atoms with Crippen LogP contribution in [0.15, 0.2) is 48.7 Å². The fourth-order valence-electron chi connectivity index (χ4n) is 4.00. The number of fused-ring (bicyclic) bond motifs is 1. The molecule has 0 bridgehead atoms. The number of hydrogen-bond donors (Lipinski definition) is 1. The molecule has 0 amide bonds. The van der Waals surface area contributed by atoms with E-state index in [9.17, 15) is 0 Å². The monoisotopic (exact) mass is 380 g/mol. The van der Waals surface area contributed by atoms with Crippen molar-refractivity contribution in [3.8, 4) is 11.5 Å². The van der Waals surface area contributed by atoms with Gasteiger partial charge >= 0.3 is 0 Å². The Morgan fingerprint density at radius 3 is 2.71 bits per heavy atom. The standard InChI is InChI=1S/C23H28N2O3/c1-26-22-10-9-17(12-23(22)27-2)14-25(16-19-6-5-11-28-19)15-18-13-24-21-8-4-3-7-20(18)21/h3-4,7-10,12-13,19,24H,5-6,11,14-16H2,1-2H3. The number of para-hydroxylation sites is 1. The largest absolute Gasteiger partial charge is 0.493 e. The van der Waals surface area contributed by atoms with Gasteiger partial charge in [-0.15, -0.1) is 0 Å². The summed E-state index contributed by atoms with van der Waals surface area (Å²) < 4.78 is 16.8. The summed E-state index contributed by atoms with van der Waals surface area (Å²) in [6, 6.07) is 14.6. The number of rotatable bonds is 8. The van der Waals surface area contributed by atoms with Crippen LogP contribution in [0.4, 0.5) is 0 Å². The second kappa shape index (κ2) is 8.67. The van der Waals surface area contributed by atoms with Crippen LogP contribution in [0.1, 0.15) is 24.0 Å². The second-order valence-electron chi connectivity index (χ2n) is 7.35. The number of ether oxygens (including phenoxy) is 3. The summed E-state index contributed by atoms with van der Waals surface area (Å²) in [5, 5.41) is 1.28. The van der Waals surface area contributed by atoms with Crippen molar-refractivity contribution in [1.82, 2.24) is 9.88 Å². The Kier molecular flexibility index (Phi) is 5.84. The first-order valence-corrected chi connectivity index (χ1v) is 9.86. The van der Waals surface area contributed by atoms with Gasteiger partial charge in [0, 0.05) is 43.3 Å². The zero-order valence-electron chi connectivity index (χ0n) is 16.6. The molecule has 148 valence electrons. The second-order valence-corrected chi connectivity index (χ2v) is 7.35. The lowest BCUT2D eigenvalue weighted by Gasteiger charge is -2.25. The van der Waals surface area contributed by atoms with E-state index in [-0.39, 0.29) is 0 Å². The zero-order chi connectivity index (χ0) is 19.3. The Morgan fingerprint density at radius 1 is 1.07 bits per heavy atom. The van der Waals surface area contributed by atoms with E-state index in [1.807, 2.05) is 6.07 Å². The van der Waals surface area contributed by atoms with Crippen molar-refractivity contribution in [2.24, 2.45) is 0 Å². The quantitative estimate of drug-likeness (QED) is 0.630. The highest BCUT2D eigenvalue weighted by Gasteiger charge is 2.21. The van der Waals surface area contributed by atoms with Crippen molar-refractivity contribution >= 4 is 10.9 Å². The number of H-pyrrole nitrogens is 1. The molecule has 0 radical (unpaired) electrons. The fourth-order valence-corrected chi connectivity index (χ4v) is 4.00. The fraction of sp³-hybridized carbons (Fsp3) is 0.391. The summed E-state index contributed by atoms with van der Waals surface area (Å²) in [5.74, 6) is 1.53. The molecule has 0 spiro atoms. The molecule has 1 fully saturated rings. The van der Waals surface area contributed by atoms with Crippen LogP contribution in [0.25, 0.3) is 10.9 Å². The van der Waals surface area contributed by atoms with E-state index in [1.54, 1.807) is 14.2 Å². The summed E-state index contributed by atoms with van der Waals surface area (Å²) in [4.78, 5) is 5.86. The van der Waals surface area contributed by atoms with Crippen molar-refractivity contribution in [2.75, 3.05) is 27.4 Å². The third-order valence-corrected chi connectivity index (χ3v) is 5.41. The molecule has 0 aliphatic carbocycles. The lowest BCUT2D eigenvalue weighted by Crippen LogP contribution is -2.31. The molecule has 2 aromatic carbocycles. The minimum absolute atomic E-state index is 0.311. The van der Waals surface area contributed by atoms with Crippen molar-refractivity contribution < 1.29 is 14.2 Å². The first-order valence-electron chi connectivity index (χ1n) is 9.86. The van der Waals surface area contributed by atoms with E-state index in [0.29, 0.717) is 6.10 Å². The van der Waals surface area contributed by atoms with Crippen molar-refractivity contribution in [3.05, 3.63) is 59.8 Å². The average molecular weight is 380 g/mol. The molecule has 2 heterocycles. The predicted molar refractivity (Wildman–Crippen MR) is 111 cm³/mol. The third kappa shape index (κ3) is 4.16. The molecule has 1 N–H and O–H groups in total. The normalized spacial score (nSPS) is 16.8. The van der Waals surface area contributed by atoms with Gasteiger partial charge in [-0.05, 0) is 42.2 Å². The van der Waals surface area contributed by atoms with Gasteiger partial charge in [0.05, 0.1) is 20.3 Å². The number of aromatic amines is 1. The highest BCUT2D eigenvalue weighted by atomic mass is 16.5. The van der Waals surface area contributed by atoms with Crippen LogP contribution in [0.5, 0.6) is 11.5 Å². The lowest BCUT2D eigenvalue weighted by molar-refractivity contribution is 0.0680. The van der Waals surface area contributed by atoms with Crippen LogP contribution < -0.4 is 9.47 Å². The Morgan fingerprint density at radius 2 is 1.93 bits per heavy atom. The summed E-state index contributed by atoms with van der Waals surface area (Å²) in [6.45, 7) is 3.51. The molecule has 1 aromatic heterocycles. The maximum absolute atomic E-state index is 5.92. The van der Waals surface area contributed by atoms with E-state index in [0.717, 1.165) is 50.6 Å². The number of nitrogens with zero attached hydrogens (tertiary/aromatic N) is 1. The highest BCUT2D eigenvalue weighted by molar-refractivity contribution is 5.82. The molecule has 1 aliphatic rings. The van der Waals surface area contributed by atoms with Gasteiger partial charge < -0.3 is 19.2 Å². The Hall–Kier alpha value is -2.50. The minimum Gasteiger partial charge on any atom is -0.493 e. The van der Waals surface area contributed by atoms with Gasteiger partial charge in [0.25, 0.3) is 0 Å². The molecule has 0 saturated carbocycles. The smallest absolute Gasteiger partial charge is 0.161 e. The maximum atomic E-state index is 5.92. The van der Waals surface area contributed by atoms with Gasteiger partial charge in [-0.2, -0.15) is 0 Å². The van der Waals surface area contributed by atoms with E-state index >= 15 is 0 Å². The summed E-state index contributed by atoms with van der Waals surface area (Å²) in [6.07, 6.45) is 4.73. The van der Waals surface area contributed by atoms with Crippen LogP contribution in [0.3, 0.4) is 0 Å². The van der Waals surface area contributed by atoms with Crippen LogP contribution in [-0.4, -0.2) is 43.4 Å². The average Bonchev–Trinajstić information content (AvgIpc) is 3.38. The van der Waals surface area contributed by atoms with E-state index < -0.39 is 0 Å². The van der Waals surface area contributed by atoms with E-state index in [1.165, 1.54) is 22.0 Å². The van der Waals surface area contributed by atoms with Gasteiger partial charge in [0.1, 0.15) is 0 Å². The number of methoxy groups -OCH3 is 2. The highest BCUT2D eigenvalue weighted by Crippen LogP contribution is 2.29. The Bertz CT molecular complexity index is 915. The summed E-state index contributed by atoms with van der Waals surface area (Å²) >= 11 is 0. The third-order valence-electron chi connectivity index (χ3n) is 5.41. The number of benzene rings is 2. The zero-order valence-corrected chi connectivity index (χ0v) is 16.6. The van der Waals surface area contributed by atoms with Crippen LogP contribution >= 0.6 is 0 Å². The number of nitrogens with one attached hydrogen (secondary N) is 1. The maximum Gasteiger partial charge on any atom is 0.161 e. The van der Waals surface area contributed by atoms with Gasteiger partial charge in [-0.25, -0.2) is 0 Å². The Balaban J connectivity index is 1.56. The van der Waals surface area contributed by atoms with Crippen LogP contribution in [0, 0.1) is 0 Å². The molecular weight excluding hydrogens is 352 g/mol. The molecule has 28 heavy (non-hydrogen) atoms. The van der Waals surface area contributed by atoms with Gasteiger partial charge in [0.15, 0.2) is 11.5 Å². The number of hydrogen-bond acceptors (Lipinski definition) is 4. The number of aromatic nitrogens is 1. The summed E-state index contributed by atoms with van der Waals surface area (Å²) in [7, 11) is 3.34. The topological polar surface area (TPSA) is 46.7 Å². The molecule has 5 nitrogen and oxygen atoms in total. The minimum atomic E-state index is 0.311. The molecule has 1 saturated heterocycles. The lowest BCUT2D eigenvalue weighted by atomic mass is 10.1. The molecule has 3 aromatic rings. The molecule has 4 rings (SSSR count). The molecule has 5 heteroatoms. The molecule has 1 atom stereocenters. The first-order chi connectivity index (χ1) is 13.8. The van der Waals surface area contributed by atoms with Crippen molar-refractivity contribution in [2.45, 2.75) is 32.0 Å². The van der Waals surface area contributed by atoms with Gasteiger partial charge in [-0.1, -0.05) is 24.3 Å².